The highest BCUT2D eigenvalue weighted by Gasteiger charge is 2.51. The van der Waals surface area contributed by atoms with Crippen molar-refractivity contribution in [3.8, 4) is 23.2 Å². The summed E-state index contributed by atoms with van der Waals surface area (Å²) in [6, 6.07) is 4.62. The van der Waals surface area contributed by atoms with E-state index in [1.165, 1.54) is 19.2 Å². The van der Waals surface area contributed by atoms with Crippen LogP contribution in [0.1, 0.15) is 48.3 Å². The topological polar surface area (TPSA) is 129 Å². The molecule has 41 heavy (non-hydrogen) atoms. The largest absolute Gasteiger partial charge is 0.472 e. The Kier molecular flexibility index (Phi) is 5.49. The fraction of sp³-hybridized carbons (Fsp3) is 0.379. The number of halogens is 2. The van der Waals surface area contributed by atoms with Crippen molar-refractivity contribution < 1.29 is 18.3 Å². The van der Waals surface area contributed by atoms with E-state index in [9.17, 15) is 14.4 Å². The summed E-state index contributed by atoms with van der Waals surface area (Å²) in [6.07, 6.45) is 1.55. The third-order valence-corrected chi connectivity index (χ3v) is 9.81. The van der Waals surface area contributed by atoms with Gasteiger partial charge in [-0.15, -0.1) is 11.3 Å². The Balaban J connectivity index is 1.59. The van der Waals surface area contributed by atoms with Crippen molar-refractivity contribution in [1.29, 1.82) is 5.26 Å². The molecule has 2 bridgehead atoms. The maximum atomic E-state index is 16.9. The first-order chi connectivity index (χ1) is 19.6. The second-order valence-corrected chi connectivity index (χ2v) is 12.4. The standard InChI is InChI=1S/C29H27F2N7O2S/c1-11-17-19-26(35-21(11)27(39)34-4)38-10-29(3)8-7-16(37-29)23(38)12(2)40-28(19)36-22(20(17)31)13-5-6-15(30)24-18(13)14(9-32)25(33)41-24/h5-6,12,16,23,37H,7-8,10,33H2,1-4H3,(H,34,39). The van der Waals surface area contributed by atoms with Crippen LogP contribution >= 0.6 is 11.3 Å². The Hall–Kier alpha value is -4.08. The fourth-order valence-corrected chi connectivity index (χ4v) is 7.91. The summed E-state index contributed by atoms with van der Waals surface area (Å²) in [5.41, 5.74) is 6.47. The zero-order valence-electron chi connectivity index (χ0n) is 22.9. The van der Waals surface area contributed by atoms with Gasteiger partial charge in [0.1, 0.15) is 40.2 Å². The lowest BCUT2D eigenvalue weighted by Gasteiger charge is -2.46. The van der Waals surface area contributed by atoms with Crippen molar-refractivity contribution in [3.05, 3.63) is 40.6 Å². The number of anilines is 2. The molecule has 0 aliphatic carbocycles. The number of rotatable bonds is 2. The molecule has 4 aromatic rings. The number of benzene rings is 1. The number of nitrogens with one attached hydrogen (secondary N) is 2. The van der Waals surface area contributed by atoms with Crippen LogP contribution in [0.2, 0.25) is 0 Å². The van der Waals surface area contributed by atoms with Gasteiger partial charge in [-0.1, -0.05) is 0 Å². The lowest BCUT2D eigenvalue weighted by molar-refractivity contribution is 0.0957. The van der Waals surface area contributed by atoms with Crippen molar-refractivity contribution >= 4 is 48.9 Å². The number of pyridine rings is 2. The van der Waals surface area contributed by atoms with E-state index < -0.39 is 17.5 Å². The van der Waals surface area contributed by atoms with E-state index in [1.54, 1.807) is 6.92 Å². The maximum Gasteiger partial charge on any atom is 0.270 e. The molecule has 1 amide bonds. The highest BCUT2D eigenvalue weighted by molar-refractivity contribution is 7.23. The number of ether oxygens (including phenoxy) is 1. The average molecular weight is 576 g/mol. The van der Waals surface area contributed by atoms with E-state index in [-0.39, 0.29) is 72.6 Å². The number of hydrogen-bond donors (Lipinski definition) is 3. The second kappa shape index (κ2) is 8.71. The summed E-state index contributed by atoms with van der Waals surface area (Å²) in [5, 5.41) is 17.1. The van der Waals surface area contributed by atoms with E-state index in [2.05, 4.69) is 22.5 Å². The third kappa shape index (κ3) is 3.48. The molecule has 9 nitrogen and oxygen atoms in total. The molecule has 2 fully saturated rings. The van der Waals surface area contributed by atoms with Gasteiger partial charge in [0, 0.05) is 41.5 Å². The van der Waals surface area contributed by atoms with Crippen molar-refractivity contribution in [2.45, 2.75) is 57.3 Å². The maximum absolute atomic E-state index is 16.9. The van der Waals surface area contributed by atoms with Gasteiger partial charge in [-0.25, -0.2) is 18.7 Å². The molecule has 4 N–H and O–H groups in total. The monoisotopic (exact) mass is 575 g/mol. The SMILES string of the molecule is CNC(=O)c1nc2c3c(nc(-c4ccc(F)c5sc(N)c(C#N)c45)c(F)c3c1C)OC(C)C1C3CCC(C)(CN21)N3. The number of nitrogens with zero attached hydrogens (tertiary/aromatic N) is 4. The summed E-state index contributed by atoms with van der Waals surface area (Å²) in [5.74, 6) is -1.10. The van der Waals surface area contributed by atoms with Gasteiger partial charge in [0.2, 0.25) is 5.88 Å². The van der Waals surface area contributed by atoms with E-state index in [4.69, 9.17) is 20.4 Å². The molecule has 210 valence electrons. The molecule has 3 aliphatic rings. The van der Waals surface area contributed by atoms with Gasteiger partial charge in [-0.05, 0) is 51.3 Å². The minimum atomic E-state index is -0.712. The van der Waals surface area contributed by atoms with Gasteiger partial charge in [-0.3, -0.25) is 4.79 Å². The van der Waals surface area contributed by atoms with Crippen LogP contribution in [0.15, 0.2) is 12.1 Å². The average Bonchev–Trinajstić information content (AvgIpc) is 3.41. The number of aryl methyl sites for hydroxylation is 1. The number of aromatic nitrogens is 2. The van der Waals surface area contributed by atoms with Crippen LogP contribution in [0.3, 0.4) is 0 Å². The van der Waals surface area contributed by atoms with Crippen molar-refractivity contribution in [1.82, 2.24) is 20.6 Å². The summed E-state index contributed by atoms with van der Waals surface area (Å²) in [7, 11) is 1.50. The molecule has 0 saturated carbocycles. The van der Waals surface area contributed by atoms with Crippen LogP contribution in [-0.2, 0) is 0 Å². The first-order valence-electron chi connectivity index (χ1n) is 13.4. The molecule has 7 rings (SSSR count). The second-order valence-electron chi connectivity index (χ2n) is 11.4. The van der Waals surface area contributed by atoms with Crippen LogP contribution in [0.5, 0.6) is 5.88 Å². The molecule has 4 unspecified atom stereocenters. The first-order valence-corrected chi connectivity index (χ1v) is 14.3. The van der Waals surface area contributed by atoms with Gasteiger partial charge >= 0.3 is 0 Å². The molecule has 3 aliphatic heterocycles. The predicted molar refractivity (Wildman–Crippen MR) is 153 cm³/mol. The van der Waals surface area contributed by atoms with Crippen molar-refractivity contribution in [3.63, 3.8) is 0 Å². The lowest BCUT2D eigenvalue weighted by Crippen LogP contribution is -2.66. The minimum Gasteiger partial charge on any atom is -0.472 e. The molecule has 0 radical (unpaired) electrons. The molecule has 4 atom stereocenters. The molecule has 0 spiro atoms. The zero-order valence-corrected chi connectivity index (χ0v) is 23.7. The summed E-state index contributed by atoms with van der Waals surface area (Å²) in [6.45, 7) is 6.36. The number of piperazine rings is 1. The number of nitrogens with two attached hydrogens (primary N) is 1. The third-order valence-electron chi connectivity index (χ3n) is 8.79. The first kappa shape index (κ1) is 25.9. The van der Waals surface area contributed by atoms with Gasteiger partial charge in [0.05, 0.1) is 21.7 Å². The summed E-state index contributed by atoms with van der Waals surface area (Å²) in [4.78, 5) is 24.7. The minimum absolute atomic E-state index is 0.0617. The van der Waals surface area contributed by atoms with Crippen LogP contribution in [0, 0.1) is 29.9 Å². The number of fused-ring (bicyclic) bond motifs is 6. The molecule has 3 aromatic heterocycles. The smallest absolute Gasteiger partial charge is 0.270 e. The number of amides is 1. The molecule has 1 aromatic carbocycles. The normalized spacial score (nSPS) is 24.6. The van der Waals surface area contributed by atoms with Crippen molar-refractivity contribution in [2.75, 3.05) is 24.2 Å². The molecule has 6 heterocycles. The van der Waals surface area contributed by atoms with Crippen LogP contribution in [0.4, 0.5) is 19.6 Å². The highest BCUT2D eigenvalue weighted by Crippen LogP contribution is 2.48. The van der Waals surface area contributed by atoms with Crippen LogP contribution < -0.4 is 26.0 Å². The lowest BCUT2D eigenvalue weighted by atomic mass is 9.95. The van der Waals surface area contributed by atoms with Gasteiger partial charge < -0.3 is 26.0 Å². The Morgan fingerprint density at radius 2 is 2.10 bits per heavy atom. The van der Waals surface area contributed by atoms with Gasteiger partial charge in [0.15, 0.2) is 5.82 Å². The van der Waals surface area contributed by atoms with Gasteiger partial charge in [-0.2, -0.15) is 5.26 Å². The van der Waals surface area contributed by atoms with E-state index >= 15 is 4.39 Å². The van der Waals surface area contributed by atoms with E-state index in [0.717, 1.165) is 24.2 Å². The highest BCUT2D eigenvalue weighted by atomic mass is 32.1. The summed E-state index contributed by atoms with van der Waals surface area (Å²) >= 11 is 0.930. The molecular formula is C29H27F2N7O2S. The quantitative estimate of drug-likeness (QED) is 0.321. The number of hydrogen-bond acceptors (Lipinski definition) is 9. The number of nitrogen functional groups attached to an aromatic ring is 1. The van der Waals surface area contributed by atoms with Gasteiger partial charge in [0.25, 0.3) is 5.91 Å². The molecular weight excluding hydrogens is 548 g/mol. The fourth-order valence-electron chi connectivity index (χ4n) is 6.96. The number of thiophene rings is 1. The molecule has 12 heteroatoms. The van der Waals surface area contributed by atoms with Crippen molar-refractivity contribution in [2.24, 2.45) is 0 Å². The zero-order chi connectivity index (χ0) is 29.0. The van der Waals surface area contributed by atoms with Crippen LogP contribution in [-0.4, -0.2) is 53.2 Å². The number of carbonyl (C=O) groups is 1. The number of nitriles is 1. The van der Waals surface area contributed by atoms with Crippen LogP contribution in [0.25, 0.3) is 32.1 Å². The Morgan fingerprint density at radius 3 is 2.83 bits per heavy atom. The Bertz CT molecular complexity index is 1870. The molecule has 2 saturated heterocycles. The summed E-state index contributed by atoms with van der Waals surface area (Å²) < 4.78 is 38.4. The Labute approximate surface area is 238 Å². The number of carbonyl (C=O) groups excluding carboxylic acids is 1. The van der Waals surface area contributed by atoms with E-state index in [0.29, 0.717) is 23.3 Å². The Morgan fingerprint density at radius 1 is 1.32 bits per heavy atom. The predicted octanol–water partition coefficient (Wildman–Crippen LogP) is 4.39. The van der Waals surface area contributed by atoms with E-state index in [1.807, 2.05) is 13.0 Å².